The molecule has 4 heterocycles. The Labute approximate surface area is 175 Å². The van der Waals surface area contributed by atoms with Gasteiger partial charge in [0.2, 0.25) is 0 Å². The van der Waals surface area contributed by atoms with Crippen LogP contribution in [0.1, 0.15) is 47.0 Å². The molecule has 2 aromatic rings. The predicted octanol–water partition coefficient (Wildman–Crippen LogP) is 1.87. The molecule has 0 saturated carbocycles. The molecule has 0 aromatic carbocycles. The smallest absolute Gasteiger partial charge is 0.263 e. The lowest BCUT2D eigenvalue weighted by Crippen LogP contribution is -2.52. The largest absolute Gasteiger partial charge is 0.468 e. The summed E-state index contributed by atoms with van der Waals surface area (Å²) in [4.78, 5) is 28.4. The average Bonchev–Trinajstić information content (AvgIpc) is 3.41. The van der Waals surface area contributed by atoms with Crippen LogP contribution in [-0.2, 0) is 13.1 Å². The molecule has 2 aromatic heterocycles. The van der Waals surface area contributed by atoms with E-state index in [9.17, 15) is 14.7 Å². The minimum absolute atomic E-state index is 0.145. The minimum Gasteiger partial charge on any atom is -0.468 e. The van der Waals surface area contributed by atoms with Gasteiger partial charge in [0.15, 0.2) is 0 Å². The van der Waals surface area contributed by atoms with E-state index in [1.165, 1.54) is 0 Å². The van der Waals surface area contributed by atoms with Gasteiger partial charge in [0, 0.05) is 31.2 Å². The minimum atomic E-state index is -0.688. The first kappa shape index (κ1) is 19.3. The van der Waals surface area contributed by atoms with Crippen LogP contribution >= 0.6 is 0 Å². The molecule has 7 heteroatoms. The summed E-state index contributed by atoms with van der Waals surface area (Å²) in [6.07, 6.45) is 7.83. The zero-order valence-corrected chi connectivity index (χ0v) is 16.9. The van der Waals surface area contributed by atoms with Crippen molar-refractivity contribution in [2.75, 3.05) is 19.7 Å². The first-order chi connectivity index (χ1) is 14.6. The lowest BCUT2D eigenvalue weighted by atomic mass is 9.83. The predicted molar refractivity (Wildman–Crippen MR) is 111 cm³/mol. The van der Waals surface area contributed by atoms with Crippen molar-refractivity contribution < 1.29 is 14.3 Å². The number of amides is 1. The number of aliphatic hydroxyl groups is 1. The van der Waals surface area contributed by atoms with Crippen molar-refractivity contribution >= 4 is 5.91 Å². The van der Waals surface area contributed by atoms with Crippen LogP contribution < -0.4 is 10.9 Å². The SMILES string of the molecule is O=C(NC1(CO)CC=CC1)c1ccc2n(c1=O)C[C@H]1C[C@@H]2CN(Cc2ccco2)C1. The van der Waals surface area contributed by atoms with Crippen molar-refractivity contribution in [1.82, 2.24) is 14.8 Å². The van der Waals surface area contributed by atoms with Crippen molar-refractivity contribution in [3.8, 4) is 0 Å². The summed E-state index contributed by atoms with van der Waals surface area (Å²) >= 11 is 0. The molecule has 158 valence electrons. The van der Waals surface area contributed by atoms with Gasteiger partial charge in [-0.15, -0.1) is 0 Å². The first-order valence-corrected chi connectivity index (χ1v) is 10.6. The number of hydrogen-bond acceptors (Lipinski definition) is 5. The van der Waals surface area contributed by atoms with Gasteiger partial charge < -0.3 is 19.4 Å². The highest BCUT2D eigenvalue weighted by molar-refractivity contribution is 5.94. The molecular formula is C23H27N3O4. The number of pyridine rings is 1. The van der Waals surface area contributed by atoms with Crippen LogP contribution in [-0.4, -0.2) is 45.7 Å². The molecule has 1 aliphatic carbocycles. The van der Waals surface area contributed by atoms with Gasteiger partial charge in [-0.3, -0.25) is 14.5 Å². The topological polar surface area (TPSA) is 87.7 Å². The van der Waals surface area contributed by atoms with Crippen LogP contribution in [0.15, 0.2) is 51.9 Å². The highest BCUT2D eigenvalue weighted by Crippen LogP contribution is 2.35. The van der Waals surface area contributed by atoms with Crippen molar-refractivity contribution in [1.29, 1.82) is 0 Å². The number of fused-ring (bicyclic) bond motifs is 4. The Balaban J connectivity index is 1.37. The summed E-state index contributed by atoms with van der Waals surface area (Å²) in [6, 6.07) is 7.49. The second-order valence-electron chi connectivity index (χ2n) is 8.93. The Bertz CT molecular complexity index is 1020. The summed E-state index contributed by atoms with van der Waals surface area (Å²) in [6.45, 7) is 3.06. The van der Waals surface area contributed by atoms with Crippen LogP contribution in [0.25, 0.3) is 0 Å². The van der Waals surface area contributed by atoms with Crippen molar-refractivity contribution in [2.24, 2.45) is 5.92 Å². The number of nitrogens with zero attached hydrogens (tertiary/aromatic N) is 2. The lowest BCUT2D eigenvalue weighted by Gasteiger charge is -2.42. The van der Waals surface area contributed by atoms with Gasteiger partial charge in [-0.1, -0.05) is 12.2 Å². The fraction of sp³-hybridized carbons (Fsp3) is 0.478. The summed E-state index contributed by atoms with van der Waals surface area (Å²) in [5.74, 6) is 1.21. The van der Waals surface area contributed by atoms with E-state index in [1.54, 1.807) is 16.9 Å². The van der Waals surface area contributed by atoms with E-state index in [4.69, 9.17) is 4.42 Å². The summed E-state index contributed by atoms with van der Waals surface area (Å²) in [7, 11) is 0. The second kappa shape index (κ2) is 7.56. The first-order valence-electron chi connectivity index (χ1n) is 10.6. The van der Waals surface area contributed by atoms with Crippen LogP contribution in [0.5, 0.6) is 0 Å². The number of piperidine rings is 1. The molecule has 5 rings (SSSR count). The summed E-state index contributed by atoms with van der Waals surface area (Å²) in [5.41, 5.74) is 0.257. The number of aliphatic hydroxyl groups excluding tert-OH is 1. The van der Waals surface area contributed by atoms with E-state index in [0.717, 1.165) is 37.5 Å². The molecule has 1 saturated heterocycles. The summed E-state index contributed by atoms with van der Waals surface area (Å²) in [5, 5.41) is 12.7. The van der Waals surface area contributed by atoms with Gasteiger partial charge in [0.05, 0.1) is 25.0 Å². The van der Waals surface area contributed by atoms with E-state index in [1.807, 2.05) is 30.4 Å². The Morgan fingerprint density at radius 1 is 1.20 bits per heavy atom. The molecule has 2 aliphatic heterocycles. The zero-order chi connectivity index (χ0) is 20.7. The number of aromatic nitrogens is 1. The van der Waals surface area contributed by atoms with Crippen molar-refractivity contribution in [2.45, 2.75) is 43.8 Å². The third-order valence-corrected chi connectivity index (χ3v) is 6.75. The fourth-order valence-electron chi connectivity index (χ4n) is 5.25. The molecule has 3 aliphatic rings. The molecular weight excluding hydrogens is 382 g/mol. The van der Waals surface area contributed by atoms with E-state index < -0.39 is 11.4 Å². The number of furan rings is 1. The van der Waals surface area contributed by atoms with Gasteiger partial charge in [0.25, 0.3) is 11.5 Å². The Morgan fingerprint density at radius 3 is 2.77 bits per heavy atom. The third-order valence-electron chi connectivity index (χ3n) is 6.75. The molecule has 2 bridgehead atoms. The number of nitrogens with one attached hydrogen (secondary N) is 1. The average molecular weight is 409 g/mol. The molecule has 30 heavy (non-hydrogen) atoms. The van der Waals surface area contributed by atoms with E-state index >= 15 is 0 Å². The van der Waals surface area contributed by atoms with Crippen molar-refractivity contribution in [3.05, 3.63) is 70.1 Å². The normalized spacial score (nSPS) is 24.6. The molecule has 2 atom stereocenters. The highest BCUT2D eigenvalue weighted by Gasteiger charge is 2.37. The molecule has 0 radical (unpaired) electrons. The number of hydrogen-bond donors (Lipinski definition) is 2. The number of carbonyl (C=O) groups is 1. The molecule has 7 nitrogen and oxygen atoms in total. The van der Waals surface area contributed by atoms with E-state index in [2.05, 4.69) is 10.2 Å². The quantitative estimate of drug-likeness (QED) is 0.736. The van der Waals surface area contributed by atoms with Crippen LogP contribution in [0.4, 0.5) is 0 Å². The monoisotopic (exact) mass is 409 g/mol. The maximum absolute atomic E-state index is 13.2. The molecule has 2 N–H and O–H groups in total. The lowest BCUT2D eigenvalue weighted by molar-refractivity contribution is 0.0839. The Kier molecular flexibility index (Phi) is 4.87. The Morgan fingerprint density at radius 2 is 2.03 bits per heavy atom. The molecule has 0 unspecified atom stereocenters. The van der Waals surface area contributed by atoms with Gasteiger partial charge >= 0.3 is 0 Å². The van der Waals surface area contributed by atoms with Crippen LogP contribution in [0.3, 0.4) is 0 Å². The molecule has 1 amide bonds. The standard InChI is InChI=1S/C23H27N3O4/c27-15-23(7-1-2-8-23)24-21(28)19-5-6-20-17-10-16(12-26(20)22(19)29)11-25(13-17)14-18-4-3-9-30-18/h1-6,9,16-17,27H,7-8,10-15H2,(H,24,28)/t16-,17+/m0/s1. The fourth-order valence-corrected chi connectivity index (χ4v) is 5.25. The van der Waals surface area contributed by atoms with Crippen molar-refractivity contribution in [3.63, 3.8) is 0 Å². The number of rotatable bonds is 5. The maximum Gasteiger partial charge on any atom is 0.263 e. The molecule has 1 fully saturated rings. The van der Waals surface area contributed by atoms with E-state index in [0.29, 0.717) is 25.3 Å². The molecule has 0 spiro atoms. The number of carbonyl (C=O) groups excluding carboxylic acids is 1. The maximum atomic E-state index is 13.2. The third kappa shape index (κ3) is 3.42. The zero-order valence-electron chi connectivity index (χ0n) is 16.9. The van der Waals surface area contributed by atoms with Gasteiger partial charge in [-0.2, -0.15) is 0 Å². The van der Waals surface area contributed by atoms with Gasteiger partial charge in [-0.25, -0.2) is 0 Å². The highest BCUT2D eigenvalue weighted by atomic mass is 16.3. The number of likely N-dealkylation sites (tertiary alicyclic amines) is 1. The second-order valence-corrected chi connectivity index (χ2v) is 8.93. The van der Waals surface area contributed by atoms with Crippen LogP contribution in [0.2, 0.25) is 0 Å². The van der Waals surface area contributed by atoms with Gasteiger partial charge in [-0.05, 0) is 49.4 Å². The van der Waals surface area contributed by atoms with Gasteiger partial charge in [0.1, 0.15) is 11.3 Å². The van der Waals surface area contributed by atoms with E-state index in [-0.39, 0.29) is 23.6 Å². The Hall–Kier alpha value is -2.64. The van der Waals surface area contributed by atoms with Crippen LogP contribution in [0, 0.1) is 5.92 Å². The summed E-state index contributed by atoms with van der Waals surface area (Å²) < 4.78 is 7.30.